The highest BCUT2D eigenvalue weighted by Gasteiger charge is 2.46. The highest BCUT2D eigenvalue weighted by molar-refractivity contribution is 6.00. The van der Waals surface area contributed by atoms with E-state index in [2.05, 4.69) is 24.3 Å². The molecule has 0 N–H and O–H groups in total. The number of aliphatic imine (C=N–C) groups is 1. The van der Waals surface area contributed by atoms with Gasteiger partial charge in [-0.05, 0) is 24.0 Å². The van der Waals surface area contributed by atoms with Crippen LogP contribution in [0.2, 0.25) is 0 Å². The molecule has 26 heavy (non-hydrogen) atoms. The van der Waals surface area contributed by atoms with Gasteiger partial charge in [0, 0.05) is 18.9 Å². The summed E-state index contributed by atoms with van der Waals surface area (Å²) in [6.45, 7) is 0. The van der Waals surface area contributed by atoms with Crippen LogP contribution in [0.3, 0.4) is 0 Å². The molecular weight excluding hydrogens is 320 g/mol. The molecule has 1 amide bonds. The molecule has 0 atom stereocenters. The molecular formula is C23H26N2O. The predicted octanol–water partition coefficient (Wildman–Crippen LogP) is 4.41. The zero-order valence-electron chi connectivity index (χ0n) is 15.2. The fourth-order valence-corrected chi connectivity index (χ4v) is 4.31. The molecule has 1 fully saturated rings. The Morgan fingerprint density at radius 3 is 1.92 bits per heavy atom. The number of carbonyl (C=O) groups is 1. The standard InChI is InChI=1S/C23H26N2O/c26-22-23(16-19-10-4-1-5-11-19,17-20-12-6-2-7-13-20)24-18-25(22)21-14-8-3-9-15-21/h1-2,4-7,10-13,18,21H,3,8-9,14-17H2. The molecule has 2 aromatic carbocycles. The number of hydrogen-bond acceptors (Lipinski definition) is 2. The van der Waals surface area contributed by atoms with Gasteiger partial charge in [0.15, 0.2) is 0 Å². The van der Waals surface area contributed by atoms with E-state index in [0.717, 1.165) is 12.8 Å². The Kier molecular flexibility index (Phi) is 4.87. The van der Waals surface area contributed by atoms with Gasteiger partial charge in [-0.15, -0.1) is 0 Å². The second kappa shape index (κ2) is 7.45. The largest absolute Gasteiger partial charge is 0.298 e. The van der Waals surface area contributed by atoms with Crippen molar-refractivity contribution in [1.82, 2.24) is 4.90 Å². The third-order valence-corrected chi connectivity index (χ3v) is 5.71. The van der Waals surface area contributed by atoms with Gasteiger partial charge < -0.3 is 0 Å². The highest BCUT2D eigenvalue weighted by Crippen LogP contribution is 2.33. The van der Waals surface area contributed by atoms with Crippen LogP contribution in [-0.2, 0) is 17.6 Å². The summed E-state index contributed by atoms with van der Waals surface area (Å²) in [6.07, 6.45) is 9.07. The van der Waals surface area contributed by atoms with Crippen molar-refractivity contribution in [2.45, 2.75) is 56.5 Å². The van der Waals surface area contributed by atoms with E-state index in [1.165, 1.54) is 30.4 Å². The van der Waals surface area contributed by atoms with E-state index in [1.807, 2.05) is 47.6 Å². The van der Waals surface area contributed by atoms with Gasteiger partial charge in [-0.3, -0.25) is 14.7 Å². The second-order valence-corrected chi connectivity index (χ2v) is 7.61. The van der Waals surface area contributed by atoms with Crippen LogP contribution in [0.25, 0.3) is 0 Å². The molecule has 0 spiro atoms. The minimum atomic E-state index is -0.708. The van der Waals surface area contributed by atoms with Crippen molar-refractivity contribution < 1.29 is 4.79 Å². The number of benzene rings is 2. The summed E-state index contributed by atoms with van der Waals surface area (Å²) in [5.41, 5.74) is 1.62. The fraction of sp³-hybridized carbons (Fsp3) is 0.391. The summed E-state index contributed by atoms with van der Waals surface area (Å²) in [5.74, 6) is 0.178. The van der Waals surface area contributed by atoms with Crippen LogP contribution in [-0.4, -0.2) is 28.7 Å². The molecule has 0 bridgehead atoms. The Balaban J connectivity index is 1.63. The molecule has 1 aliphatic heterocycles. The minimum absolute atomic E-state index is 0.178. The summed E-state index contributed by atoms with van der Waals surface area (Å²) in [7, 11) is 0. The van der Waals surface area contributed by atoms with Gasteiger partial charge in [-0.1, -0.05) is 79.9 Å². The van der Waals surface area contributed by atoms with Gasteiger partial charge in [-0.25, -0.2) is 0 Å². The molecule has 2 aromatic rings. The maximum Gasteiger partial charge on any atom is 0.256 e. The molecule has 4 rings (SSSR count). The SMILES string of the molecule is O=C1N(C2CCCCC2)C=NC1(Cc1ccccc1)Cc1ccccc1. The van der Waals surface area contributed by atoms with Crippen molar-refractivity contribution in [2.75, 3.05) is 0 Å². The van der Waals surface area contributed by atoms with Crippen LogP contribution in [0.1, 0.15) is 43.2 Å². The maximum absolute atomic E-state index is 13.5. The highest BCUT2D eigenvalue weighted by atomic mass is 16.2. The van der Waals surface area contributed by atoms with E-state index >= 15 is 0 Å². The maximum atomic E-state index is 13.5. The van der Waals surface area contributed by atoms with Gasteiger partial charge in [0.1, 0.15) is 5.54 Å². The first-order chi connectivity index (χ1) is 12.8. The summed E-state index contributed by atoms with van der Waals surface area (Å²) in [6, 6.07) is 20.9. The van der Waals surface area contributed by atoms with Crippen molar-refractivity contribution in [3.8, 4) is 0 Å². The van der Waals surface area contributed by atoms with Gasteiger partial charge in [0.05, 0.1) is 6.34 Å². The topological polar surface area (TPSA) is 32.7 Å². The predicted molar refractivity (Wildman–Crippen MR) is 105 cm³/mol. The fourth-order valence-electron chi connectivity index (χ4n) is 4.31. The molecule has 134 valence electrons. The van der Waals surface area contributed by atoms with Gasteiger partial charge >= 0.3 is 0 Å². The van der Waals surface area contributed by atoms with E-state index in [4.69, 9.17) is 4.99 Å². The molecule has 3 nitrogen and oxygen atoms in total. The number of rotatable bonds is 5. The van der Waals surface area contributed by atoms with Crippen molar-refractivity contribution >= 4 is 12.2 Å². The van der Waals surface area contributed by atoms with Crippen molar-refractivity contribution in [1.29, 1.82) is 0 Å². The summed E-state index contributed by atoms with van der Waals surface area (Å²) >= 11 is 0. The van der Waals surface area contributed by atoms with Gasteiger partial charge in [0.2, 0.25) is 0 Å². The normalized spacial score (nSPS) is 19.8. The summed E-state index contributed by atoms with van der Waals surface area (Å²) < 4.78 is 0. The number of amides is 1. The molecule has 1 aliphatic carbocycles. The van der Waals surface area contributed by atoms with E-state index < -0.39 is 5.54 Å². The van der Waals surface area contributed by atoms with E-state index in [0.29, 0.717) is 18.9 Å². The van der Waals surface area contributed by atoms with Crippen LogP contribution < -0.4 is 0 Å². The lowest BCUT2D eigenvalue weighted by Crippen LogP contribution is -2.48. The Morgan fingerprint density at radius 1 is 0.846 bits per heavy atom. The number of hydrogen-bond donors (Lipinski definition) is 0. The third kappa shape index (κ3) is 3.44. The van der Waals surface area contributed by atoms with Crippen LogP contribution in [0.15, 0.2) is 65.7 Å². The molecule has 0 radical (unpaired) electrons. The Bertz CT molecular complexity index is 722. The van der Waals surface area contributed by atoms with E-state index in [9.17, 15) is 4.79 Å². The lowest BCUT2D eigenvalue weighted by atomic mass is 9.84. The second-order valence-electron chi connectivity index (χ2n) is 7.61. The smallest absolute Gasteiger partial charge is 0.256 e. The van der Waals surface area contributed by atoms with Crippen molar-refractivity contribution in [3.63, 3.8) is 0 Å². The quantitative estimate of drug-likeness (QED) is 0.789. The lowest BCUT2D eigenvalue weighted by molar-refractivity contribution is -0.133. The average molecular weight is 346 g/mol. The Morgan fingerprint density at radius 2 is 1.38 bits per heavy atom. The van der Waals surface area contributed by atoms with Gasteiger partial charge in [-0.2, -0.15) is 0 Å². The molecule has 3 heteroatoms. The number of nitrogens with zero attached hydrogens (tertiary/aromatic N) is 2. The van der Waals surface area contributed by atoms with E-state index in [1.54, 1.807) is 0 Å². The molecule has 0 saturated heterocycles. The van der Waals surface area contributed by atoms with E-state index in [-0.39, 0.29) is 5.91 Å². The minimum Gasteiger partial charge on any atom is -0.298 e. The van der Waals surface area contributed by atoms with Crippen LogP contribution in [0.5, 0.6) is 0 Å². The molecule has 0 aromatic heterocycles. The van der Waals surface area contributed by atoms with Crippen LogP contribution >= 0.6 is 0 Å². The monoisotopic (exact) mass is 346 g/mol. The Hall–Kier alpha value is -2.42. The molecule has 0 unspecified atom stereocenters. The zero-order valence-corrected chi connectivity index (χ0v) is 15.2. The lowest BCUT2D eigenvalue weighted by Gasteiger charge is -2.32. The van der Waals surface area contributed by atoms with Crippen LogP contribution in [0.4, 0.5) is 0 Å². The Labute approximate surface area is 155 Å². The summed E-state index contributed by atoms with van der Waals surface area (Å²) in [5, 5.41) is 0. The van der Waals surface area contributed by atoms with Crippen molar-refractivity contribution in [2.24, 2.45) is 4.99 Å². The van der Waals surface area contributed by atoms with Gasteiger partial charge in [0.25, 0.3) is 5.91 Å². The average Bonchev–Trinajstić information content (AvgIpc) is 3.00. The first-order valence-corrected chi connectivity index (χ1v) is 9.73. The molecule has 1 heterocycles. The third-order valence-electron chi connectivity index (χ3n) is 5.71. The summed E-state index contributed by atoms with van der Waals surface area (Å²) in [4.78, 5) is 20.3. The molecule has 2 aliphatic rings. The van der Waals surface area contributed by atoms with Crippen molar-refractivity contribution in [3.05, 3.63) is 71.8 Å². The zero-order chi connectivity index (χ0) is 17.8. The first-order valence-electron chi connectivity index (χ1n) is 9.73. The number of carbonyl (C=O) groups excluding carboxylic acids is 1. The molecule has 1 saturated carbocycles. The van der Waals surface area contributed by atoms with Crippen LogP contribution in [0, 0.1) is 0 Å². The first kappa shape index (κ1) is 17.0.